The van der Waals surface area contributed by atoms with Gasteiger partial charge in [-0.2, -0.15) is 0 Å². The third-order valence-electron chi connectivity index (χ3n) is 5.38. The van der Waals surface area contributed by atoms with Gasteiger partial charge < -0.3 is 10.6 Å². The van der Waals surface area contributed by atoms with Gasteiger partial charge in [0.25, 0.3) is 0 Å². The van der Waals surface area contributed by atoms with Crippen LogP contribution in [-0.2, 0) is 4.79 Å². The summed E-state index contributed by atoms with van der Waals surface area (Å²) in [6.07, 6.45) is 5.37. The zero-order valence-electron chi connectivity index (χ0n) is 14.0. The third-order valence-corrected chi connectivity index (χ3v) is 6.62. The number of likely N-dealkylation sites (tertiary alicyclic amines) is 1. The predicted molar refractivity (Wildman–Crippen MR) is 96.4 cm³/mol. The van der Waals surface area contributed by atoms with Crippen LogP contribution in [0.15, 0.2) is 35.2 Å². The fourth-order valence-electron chi connectivity index (χ4n) is 3.88. The van der Waals surface area contributed by atoms with E-state index in [2.05, 4.69) is 36.1 Å². The molecule has 1 amide bonds. The molecule has 1 aliphatic carbocycles. The van der Waals surface area contributed by atoms with E-state index < -0.39 is 0 Å². The second-order valence-corrected chi connectivity index (χ2v) is 8.46. The lowest BCUT2D eigenvalue weighted by atomic mass is 9.74. The highest BCUT2D eigenvalue weighted by Crippen LogP contribution is 2.34. The van der Waals surface area contributed by atoms with Crippen LogP contribution < -0.4 is 5.73 Å². The first-order chi connectivity index (χ1) is 11.1. The molecule has 0 spiro atoms. The van der Waals surface area contributed by atoms with Crippen molar-refractivity contribution in [2.75, 3.05) is 18.8 Å². The molecule has 4 heteroatoms. The average molecular weight is 333 g/mol. The highest BCUT2D eigenvalue weighted by Gasteiger charge is 2.41. The van der Waals surface area contributed by atoms with Gasteiger partial charge in [-0.3, -0.25) is 4.79 Å². The van der Waals surface area contributed by atoms with Gasteiger partial charge in [0.2, 0.25) is 5.91 Å². The molecule has 0 bridgehead atoms. The summed E-state index contributed by atoms with van der Waals surface area (Å²) >= 11 is 1.90. The maximum atomic E-state index is 12.9. The van der Waals surface area contributed by atoms with E-state index in [-0.39, 0.29) is 11.5 Å². The van der Waals surface area contributed by atoms with Crippen LogP contribution in [0.3, 0.4) is 0 Å². The molecule has 0 aromatic heterocycles. The van der Waals surface area contributed by atoms with Crippen LogP contribution in [0.4, 0.5) is 0 Å². The smallest absolute Gasteiger partial charge is 0.227 e. The molecule has 1 aromatic rings. The number of carbonyl (C=O) groups is 1. The third kappa shape index (κ3) is 4.10. The monoisotopic (exact) mass is 332 g/mol. The van der Waals surface area contributed by atoms with Gasteiger partial charge in [-0.05, 0) is 44.2 Å². The highest BCUT2D eigenvalue weighted by atomic mass is 32.2. The molecule has 2 aliphatic rings. The van der Waals surface area contributed by atoms with Crippen LogP contribution in [0.1, 0.15) is 39.0 Å². The number of hydrogen-bond donors (Lipinski definition) is 1. The quantitative estimate of drug-likeness (QED) is 0.858. The Bertz CT molecular complexity index is 531. The van der Waals surface area contributed by atoms with Crippen molar-refractivity contribution in [3.05, 3.63) is 30.3 Å². The van der Waals surface area contributed by atoms with Crippen molar-refractivity contribution in [2.24, 2.45) is 17.6 Å². The second-order valence-electron chi connectivity index (χ2n) is 7.37. The van der Waals surface area contributed by atoms with Gasteiger partial charge in [0.15, 0.2) is 0 Å². The van der Waals surface area contributed by atoms with Crippen molar-refractivity contribution >= 4 is 17.7 Å². The molecule has 2 fully saturated rings. The molecule has 1 heterocycles. The number of carbonyl (C=O) groups excluding carboxylic acids is 1. The Labute approximate surface area is 144 Å². The number of rotatable bonds is 4. The van der Waals surface area contributed by atoms with Crippen LogP contribution in [0.2, 0.25) is 0 Å². The molecular weight excluding hydrogens is 304 g/mol. The average Bonchev–Trinajstić information content (AvgIpc) is 3.02. The first kappa shape index (κ1) is 16.8. The largest absolute Gasteiger partial charge is 0.342 e. The van der Waals surface area contributed by atoms with Crippen LogP contribution in [0.5, 0.6) is 0 Å². The maximum absolute atomic E-state index is 12.9. The van der Waals surface area contributed by atoms with Gasteiger partial charge in [0, 0.05) is 29.3 Å². The van der Waals surface area contributed by atoms with E-state index >= 15 is 0 Å². The molecular formula is C19H28N2OS. The van der Waals surface area contributed by atoms with Crippen LogP contribution in [-0.4, -0.2) is 35.2 Å². The minimum atomic E-state index is -0.313. The lowest BCUT2D eigenvalue weighted by Crippen LogP contribution is -2.53. The van der Waals surface area contributed by atoms with Gasteiger partial charge in [-0.15, -0.1) is 11.8 Å². The van der Waals surface area contributed by atoms with Gasteiger partial charge in [0.1, 0.15) is 0 Å². The normalized spacial score (nSPS) is 31.3. The maximum Gasteiger partial charge on any atom is 0.227 e. The summed E-state index contributed by atoms with van der Waals surface area (Å²) in [6, 6.07) is 10.5. The summed E-state index contributed by atoms with van der Waals surface area (Å²) < 4.78 is 0. The topological polar surface area (TPSA) is 46.3 Å². The van der Waals surface area contributed by atoms with E-state index in [4.69, 9.17) is 5.73 Å². The molecule has 3 atom stereocenters. The van der Waals surface area contributed by atoms with Crippen LogP contribution >= 0.6 is 11.8 Å². The van der Waals surface area contributed by atoms with E-state index in [1.165, 1.54) is 4.90 Å². The fraction of sp³-hybridized carbons (Fsp3) is 0.632. The summed E-state index contributed by atoms with van der Waals surface area (Å²) in [5.41, 5.74) is 6.09. The number of hydrogen-bond acceptors (Lipinski definition) is 3. The zero-order valence-corrected chi connectivity index (χ0v) is 14.9. The molecule has 23 heavy (non-hydrogen) atoms. The zero-order chi connectivity index (χ0) is 16.3. The van der Waals surface area contributed by atoms with Crippen molar-refractivity contribution in [3.8, 4) is 0 Å². The standard InChI is InChI=1S/C19H28N2OS/c1-19(20)11-6-5-9-17(19)18(22)21-12-10-15(13-21)14-23-16-7-3-2-4-8-16/h2-4,7-8,15,17H,5-6,9-14,20H2,1H3. The molecule has 3 unspecified atom stereocenters. The van der Waals surface area contributed by atoms with E-state index in [0.29, 0.717) is 11.8 Å². The second kappa shape index (κ2) is 7.27. The predicted octanol–water partition coefficient (Wildman–Crippen LogP) is 3.53. The van der Waals surface area contributed by atoms with Crippen molar-refractivity contribution < 1.29 is 4.79 Å². The first-order valence-electron chi connectivity index (χ1n) is 8.82. The molecule has 3 rings (SSSR count). The van der Waals surface area contributed by atoms with E-state index in [1.807, 2.05) is 17.8 Å². The molecule has 126 valence electrons. The van der Waals surface area contributed by atoms with Crippen molar-refractivity contribution in [2.45, 2.75) is 49.5 Å². The van der Waals surface area contributed by atoms with Crippen molar-refractivity contribution in [3.63, 3.8) is 0 Å². The van der Waals surface area contributed by atoms with Gasteiger partial charge in [0.05, 0.1) is 5.92 Å². The Hall–Kier alpha value is -1.00. The molecule has 1 saturated heterocycles. The molecule has 3 nitrogen and oxygen atoms in total. The number of thioether (sulfide) groups is 1. The van der Waals surface area contributed by atoms with Crippen molar-refractivity contribution in [1.29, 1.82) is 0 Å². The fourth-order valence-corrected chi connectivity index (χ4v) is 4.93. The Morgan fingerprint density at radius 2 is 2.09 bits per heavy atom. The van der Waals surface area contributed by atoms with Crippen LogP contribution in [0.25, 0.3) is 0 Å². The summed E-state index contributed by atoms with van der Waals surface area (Å²) in [4.78, 5) is 16.3. The van der Waals surface area contributed by atoms with Gasteiger partial charge in [-0.1, -0.05) is 31.0 Å². The minimum absolute atomic E-state index is 0.0248. The lowest BCUT2D eigenvalue weighted by molar-refractivity contribution is -0.137. The van der Waals surface area contributed by atoms with E-state index in [9.17, 15) is 4.79 Å². The Morgan fingerprint density at radius 3 is 2.83 bits per heavy atom. The highest BCUT2D eigenvalue weighted by molar-refractivity contribution is 7.99. The first-order valence-corrected chi connectivity index (χ1v) is 9.80. The Morgan fingerprint density at radius 1 is 1.30 bits per heavy atom. The number of amides is 1. The Balaban J connectivity index is 1.52. The summed E-state index contributed by atoms with van der Waals surface area (Å²) in [5, 5.41) is 0. The molecule has 1 aromatic carbocycles. The van der Waals surface area contributed by atoms with Gasteiger partial charge in [-0.25, -0.2) is 0 Å². The number of nitrogens with two attached hydrogens (primary N) is 1. The van der Waals surface area contributed by atoms with Gasteiger partial charge >= 0.3 is 0 Å². The molecule has 0 radical (unpaired) electrons. The van der Waals surface area contributed by atoms with E-state index in [1.54, 1.807) is 0 Å². The molecule has 2 N–H and O–H groups in total. The SMILES string of the molecule is CC1(N)CCCCC1C(=O)N1CCC(CSc2ccccc2)C1. The number of nitrogens with zero attached hydrogens (tertiary/aromatic N) is 1. The molecule has 1 saturated carbocycles. The van der Waals surface area contributed by atoms with Crippen LogP contribution in [0, 0.1) is 11.8 Å². The summed E-state index contributed by atoms with van der Waals surface area (Å²) in [5.74, 6) is 2.04. The Kier molecular flexibility index (Phi) is 5.32. The minimum Gasteiger partial charge on any atom is -0.342 e. The summed E-state index contributed by atoms with van der Waals surface area (Å²) in [7, 11) is 0. The van der Waals surface area contributed by atoms with E-state index in [0.717, 1.165) is 50.9 Å². The molecule has 1 aliphatic heterocycles. The summed E-state index contributed by atoms with van der Waals surface area (Å²) in [6.45, 7) is 3.88. The lowest BCUT2D eigenvalue weighted by Gasteiger charge is -2.39. The number of benzene rings is 1. The van der Waals surface area contributed by atoms with Crippen molar-refractivity contribution in [1.82, 2.24) is 4.90 Å².